The zero-order valence-corrected chi connectivity index (χ0v) is 12.2. The molecule has 0 saturated carbocycles. The minimum Gasteiger partial charge on any atom is -0.304 e. The molecule has 0 bridgehead atoms. The van der Waals surface area contributed by atoms with Crippen LogP contribution >= 0.6 is 7.60 Å². The quantitative estimate of drug-likeness (QED) is 0.509. The van der Waals surface area contributed by atoms with Crippen molar-refractivity contribution in [3.05, 3.63) is 60.7 Å². The molecule has 0 heterocycles. The van der Waals surface area contributed by atoms with Crippen molar-refractivity contribution in [3.63, 3.8) is 0 Å². The fourth-order valence-corrected chi connectivity index (χ4v) is 3.10. The van der Waals surface area contributed by atoms with Crippen molar-refractivity contribution < 1.29 is 26.8 Å². The van der Waals surface area contributed by atoms with Crippen LogP contribution in [0.2, 0.25) is 0 Å². The van der Waals surface area contributed by atoms with E-state index in [2.05, 4.69) is 13.2 Å². The van der Waals surface area contributed by atoms with Gasteiger partial charge in [0.25, 0.3) is 0 Å². The fraction of sp³-hybridized carbons (Fsp3) is 0.286. The lowest BCUT2D eigenvalue weighted by atomic mass is 10.1. The molecule has 0 N–H and O–H groups in total. The Balaban J connectivity index is 2.95. The van der Waals surface area contributed by atoms with Crippen LogP contribution in [0.1, 0.15) is 11.1 Å². The summed E-state index contributed by atoms with van der Waals surface area (Å²) in [5, 5.41) is 0. The number of rotatable bonds is 8. The summed E-state index contributed by atoms with van der Waals surface area (Å²) in [5.74, 6) is 0. The topological polar surface area (TPSA) is 35.5 Å². The monoisotopic (exact) mass is 320 g/mol. The minimum absolute atomic E-state index is 0.0205. The molecule has 0 atom stereocenters. The second-order valence-corrected chi connectivity index (χ2v) is 6.19. The molecule has 0 aliphatic carbocycles. The molecule has 0 amide bonds. The lowest BCUT2D eigenvalue weighted by Gasteiger charge is -2.17. The van der Waals surface area contributed by atoms with Gasteiger partial charge in [0.15, 0.2) is 0 Å². The van der Waals surface area contributed by atoms with E-state index < -0.39 is 19.3 Å². The van der Waals surface area contributed by atoms with Crippen LogP contribution in [0.3, 0.4) is 0 Å². The summed E-state index contributed by atoms with van der Waals surface area (Å²) < 4.78 is 60.6. The number of hydrogen-bond acceptors (Lipinski definition) is 3. The minimum atomic E-state index is -4.45. The Morgan fingerprint density at radius 3 is 2.19 bits per heavy atom. The average Bonchev–Trinajstić information content (AvgIpc) is 2.42. The highest BCUT2D eigenvalue weighted by molar-refractivity contribution is 7.53. The molecule has 1 aromatic carbocycles. The molecule has 0 radical (unpaired) electrons. The van der Waals surface area contributed by atoms with Gasteiger partial charge in [0, 0.05) is 0 Å². The Morgan fingerprint density at radius 1 is 1.14 bits per heavy atom. The predicted molar refractivity (Wildman–Crippen MR) is 75.1 cm³/mol. The summed E-state index contributed by atoms with van der Waals surface area (Å²) in [6.07, 6.45) is -1.94. The van der Waals surface area contributed by atoms with Crippen LogP contribution in [0.4, 0.5) is 13.2 Å². The predicted octanol–water partition coefficient (Wildman–Crippen LogP) is 4.80. The van der Waals surface area contributed by atoms with E-state index in [4.69, 9.17) is 9.05 Å². The molecule has 0 fully saturated rings. The molecule has 0 unspecified atom stereocenters. The average molecular weight is 320 g/mol. The normalized spacial score (nSPS) is 12.1. The Bertz CT molecular complexity index is 525. The molecule has 7 heteroatoms. The SMILES string of the molecule is C=CCOP(=O)(Cc1cccc(C(F)(F)F)c1)OCC=C. The smallest absolute Gasteiger partial charge is 0.304 e. The van der Waals surface area contributed by atoms with Crippen LogP contribution in [-0.4, -0.2) is 13.2 Å². The van der Waals surface area contributed by atoms with E-state index in [1.165, 1.54) is 24.3 Å². The largest absolute Gasteiger partial charge is 0.416 e. The summed E-state index contributed by atoms with van der Waals surface area (Å²) >= 11 is 0. The molecule has 116 valence electrons. The van der Waals surface area contributed by atoms with Crippen LogP contribution in [0.15, 0.2) is 49.6 Å². The van der Waals surface area contributed by atoms with Crippen molar-refractivity contribution in [1.82, 2.24) is 0 Å². The Kier molecular flexibility index (Phi) is 6.40. The van der Waals surface area contributed by atoms with Gasteiger partial charge in [0.05, 0.1) is 24.9 Å². The molecule has 0 aliphatic rings. The van der Waals surface area contributed by atoms with E-state index in [9.17, 15) is 17.7 Å². The van der Waals surface area contributed by atoms with Gasteiger partial charge in [0.1, 0.15) is 0 Å². The number of halogens is 3. The van der Waals surface area contributed by atoms with Crippen LogP contribution in [0.25, 0.3) is 0 Å². The van der Waals surface area contributed by atoms with Crippen molar-refractivity contribution in [2.24, 2.45) is 0 Å². The van der Waals surface area contributed by atoms with Crippen LogP contribution in [0, 0.1) is 0 Å². The highest BCUT2D eigenvalue weighted by atomic mass is 31.2. The van der Waals surface area contributed by atoms with Crippen LogP contribution in [-0.2, 0) is 26.0 Å². The molecule has 0 aromatic heterocycles. The third-order valence-corrected chi connectivity index (χ3v) is 4.25. The highest BCUT2D eigenvalue weighted by Gasteiger charge is 2.31. The zero-order valence-electron chi connectivity index (χ0n) is 11.3. The summed E-state index contributed by atoms with van der Waals surface area (Å²) in [6.45, 7) is 6.81. The third-order valence-electron chi connectivity index (χ3n) is 2.41. The van der Waals surface area contributed by atoms with Gasteiger partial charge in [-0.25, -0.2) is 0 Å². The third kappa shape index (κ3) is 5.87. The molecule has 1 rings (SSSR count). The van der Waals surface area contributed by atoms with Gasteiger partial charge < -0.3 is 9.05 Å². The molecule has 3 nitrogen and oxygen atoms in total. The van der Waals surface area contributed by atoms with Gasteiger partial charge in [-0.15, -0.1) is 13.2 Å². The summed E-state index contributed by atoms with van der Waals surface area (Å²) in [7, 11) is -3.56. The van der Waals surface area contributed by atoms with Crippen molar-refractivity contribution >= 4 is 7.60 Å². The maximum atomic E-state index is 12.6. The van der Waals surface area contributed by atoms with Gasteiger partial charge in [-0.05, 0) is 11.6 Å². The van der Waals surface area contributed by atoms with Gasteiger partial charge in [-0.2, -0.15) is 13.2 Å². The van der Waals surface area contributed by atoms with E-state index in [1.807, 2.05) is 0 Å². The van der Waals surface area contributed by atoms with Gasteiger partial charge in [-0.1, -0.05) is 30.4 Å². The molecule has 0 spiro atoms. The van der Waals surface area contributed by atoms with Gasteiger partial charge >= 0.3 is 13.8 Å². The molecule has 0 aliphatic heterocycles. The maximum Gasteiger partial charge on any atom is 0.416 e. The molecular weight excluding hydrogens is 304 g/mol. The number of hydrogen-bond donors (Lipinski definition) is 0. The van der Waals surface area contributed by atoms with Gasteiger partial charge in [0.2, 0.25) is 0 Å². The first-order valence-corrected chi connectivity index (χ1v) is 7.79. The number of benzene rings is 1. The lowest BCUT2D eigenvalue weighted by Crippen LogP contribution is -2.06. The van der Waals surface area contributed by atoms with E-state index in [0.29, 0.717) is 0 Å². The van der Waals surface area contributed by atoms with Crippen molar-refractivity contribution in [2.75, 3.05) is 13.2 Å². The summed E-state index contributed by atoms with van der Waals surface area (Å²) in [4.78, 5) is 0. The van der Waals surface area contributed by atoms with E-state index in [-0.39, 0.29) is 24.9 Å². The molecule has 0 saturated heterocycles. The molecule has 21 heavy (non-hydrogen) atoms. The lowest BCUT2D eigenvalue weighted by molar-refractivity contribution is -0.137. The molecule has 1 aromatic rings. The zero-order chi connectivity index (χ0) is 15.9. The fourth-order valence-electron chi connectivity index (χ4n) is 1.53. The standard InChI is InChI=1S/C14H16F3O3P/c1-3-8-19-21(18,20-9-4-2)11-12-6-5-7-13(10-12)14(15,16)17/h3-7,10H,1-2,8-9,11H2. The first-order valence-electron chi connectivity index (χ1n) is 6.07. The second kappa shape index (κ2) is 7.59. The Labute approximate surface area is 121 Å². The van der Waals surface area contributed by atoms with Crippen LogP contribution in [0.5, 0.6) is 0 Å². The van der Waals surface area contributed by atoms with Gasteiger partial charge in [-0.3, -0.25) is 4.57 Å². The molecular formula is C14H16F3O3P. The van der Waals surface area contributed by atoms with Crippen molar-refractivity contribution in [3.8, 4) is 0 Å². The summed E-state index contributed by atoms with van der Waals surface area (Å²) in [5.41, 5.74) is -0.583. The highest BCUT2D eigenvalue weighted by Crippen LogP contribution is 2.51. The Hall–Kier alpha value is -1.36. The second-order valence-electron chi connectivity index (χ2n) is 4.14. The van der Waals surface area contributed by atoms with E-state index in [0.717, 1.165) is 12.1 Å². The summed E-state index contributed by atoms with van der Waals surface area (Å²) in [6, 6.07) is 4.57. The van der Waals surface area contributed by atoms with Crippen LogP contribution < -0.4 is 0 Å². The number of alkyl halides is 3. The van der Waals surface area contributed by atoms with Crippen molar-refractivity contribution in [1.29, 1.82) is 0 Å². The van der Waals surface area contributed by atoms with Crippen molar-refractivity contribution in [2.45, 2.75) is 12.3 Å². The maximum absolute atomic E-state index is 12.6. The first kappa shape index (κ1) is 17.7. The first-order chi connectivity index (χ1) is 9.80. The van der Waals surface area contributed by atoms with E-state index in [1.54, 1.807) is 0 Å². The van der Waals surface area contributed by atoms with E-state index >= 15 is 0 Å². The Morgan fingerprint density at radius 2 is 1.71 bits per heavy atom.